The van der Waals surface area contributed by atoms with Crippen molar-refractivity contribution in [1.29, 1.82) is 0 Å². The highest BCUT2D eigenvalue weighted by Gasteiger charge is 2.36. The smallest absolute Gasteiger partial charge is 0.229 e. The van der Waals surface area contributed by atoms with Gasteiger partial charge in [-0.2, -0.15) is 0 Å². The molecule has 6 nitrogen and oxygen atoms in total. The first kappa shape index (κ1) is 20.3. The zero-order valence-corrected chi connectivity index (χ0v) is 16.3. The maximum Gasteiger partial charge on any atom is 0.229 e. The third-order valence-corrected chi connectivity index (χ3v) is 5.26. The molecular formula is C22H22F2N2O4. The van der Waals surface area contributed by atoms with Crippen molar-refractivity contribution < 1.29 is 27.8 Å². The lowest BCUT2D eigenvalue weighted by atomic mass is 10.1. The van der Waals surface area contributed by atoms with Gasteiger partial charge in [0.2, 0.25) is 11.8 Å². The molecule has 0 aliphatic carbocycles. The van der Waals surface area contributed by atoms with E-state index in [1.165, 1.54) is 11.0 Å². The van der Waals surface area contributed by atoms with Gasteiger partial charge in [-0.25, -0.2) is 8.78 Å². The number of nitrogens with one attached hydrogen (secondary N) is 1. The van der Waals surface area contributed by atoms with Crippen molar-refractivity contribution >= 4 is 23.2 Å². The Hall–Kier alpha value is -3.00. The predicted molar refractivity (Wildman–Crippen MR) is 106 cm³/mol. The molecule has 30 heavy (non-hydrogen) atoms. The summed E-state index contributed by atoms with van der Waals surface area (Å²) in [6.07, 6.45) is 2.05. The topological polar surface area (TPSA) is 67.9 Å². The van der Waals surface area contributed by atoms with Gasteiger partial charge in [0.1, 0.15) is 24.0 Å². The Kier molecular flexibility index (Phi) is 5.94. The fraction of sp³-hybridized carbons (Fsp3) is 0.364. The normalized spacial score (nSPS) is 21.1. The molecule has 2 aromatic carbocycles. The molecule has 2 aliphatic heterocycles. The first-order valence-corrected chi connectivity index (χ1v) is 9.90. The molecule has 158 valence electrons. The van der Waals surface area contributed by atoms with Gasteiger partial charge in [-0.15, -0.1) is 0 Å². The molecule has 8 heteroatoms. The number of carbonyl (C=O) groups excluding carboxylic acids is 2. The van der Waals surface area contributed by atoms with Gasteiger partial charge in [-0.05, 0) is 37.1 Å². The van der Waals surface area contributed by atoms with Gasteiger partial charge in [0.05, 0.1) is 17.7 Å². The fourth-order valence-electron chi connectivity index (χ4n) is 3.69. The van der Waals surface area contributed by atoms with Gasteiger partial charge < -0.3 is 19.7 Å². The number of rotatable bonds is 6. The zero-order chi connectivity index (χ0) is 21.1. The summed E-state index contributed by atoms with van der Waals surface area (Å²) in [5, 5.41) is 2.79. The number of nitrogens with zero attached hydrogens (tertiary/aromatic N) is 1. The monoisotopic (exact) mass is 416 g/mol. The van der Waals surface area contributed by atoms with Gasteiger partial charge in [-0.3, -0.25) is 9.59 Å². The lowest BCUT2D eigenvalue weighted by Crippen LogP contribution is -2.28. The maximum atomic E-state index is 14.0. The molecule has 2 fully saturated rings. The molecule has 2 unspecified atom stereocenters. The number of ether oxygens (including phenoxy) is 2. The third-order valence-electron chi connectivity index (χ3n) is 5.26. The summed E-state index contributed by atoms with van der Waals surface area (Å²) in [6.45, 7) is 1.23. The second kappa shape index (κ2) is 8.79. The summed E-state index contributed by atoms with van der Waals surface area (Å²) in [5.74, 6) is -2.31. The van der Waals surface area contributed by atoms with E-state index in [1.54, 1.807) is 24.3 Å². The van der Waals surface area contributed by atoms with E-state index in [-0.39, 0.29) is 36.6 Å². The van der Waals surface area contributed by atoms with Crippen LogP contribution in [0, 0.1) is 17.6 Å². The Balaban J connectivity index is 1.37. The van der Waals surface area contributed by atoms with E-state index in [0.29, 0.717) is 18.0 Å². The molecular weight excluding hydrogens is 394 g/mol. The highest BCUT2D eigenvalue weighted by Crippen LogP contribution is 2.29. The minimum absolute atomic E-state index is 0.0266. The standard InChI is InChI=1S/C22H22F2N2O4/c23-15-6-7-20(19(24)10-15)26-12-14(9-21(26)27)22(28)25-16-3-1-4-17(11-16)30-13-18-5-2-8-29-18/h1,3-4,6-7,10-11,14,18H,2,5,8-9,12-13H2,(H,25,28). The molecule has 4 rings (SSSR count). The van der Waals surface area contributed by atoms with Crippen molar-refractivity contribution in [3.63, 3.8) is 0 Å². The predicted octanol–water partition coefficient (Wildman–Crippen LogP) is 3.51. The van der Waals surface area contributed by atoms with Crippen LogP contribution in [0.15, 0.2) is 42.5 Å². The van der Waals surface area contributed by atoms with Gasteiger partial charge >= 0.3 is 0 Å². The Bertz CT molecular complexity index is 946. The number of benzene rings is 2. The zero-order valence-electron chi connectivity index (χ0n) is 16.3. The SMILES string of the molecule is O=C(Nc1cccc(OCC2CCCO2)c1)C1CC(=O)N(c2ccc(F)cc2F)C1. The molecule has 0 spiro atoms. The van der Waals surface area contributed by atoms with Crippen LogP contribution in [0.1, 0.15) is 19.3 Å². The minimum atomic E-state index is -0.833. The van der Waals surface area contributed by atoms with E-state index < -0.39 is 17.6 Å². The maximum absolute atomic E-state index is 14.0. The van der Waals surface area contributed by atoms with E-state index in [4.69, 9.17) is 9.47 Å². The summed E-state index contributed by atoms with van der Waals surface area (Å²) < 4.78 is 38.4. The number of hydrogen-bond acceptors (Lipinski definition) is 4. The van der Waals surface area contributed by atoms with E-state index in [0.717, 1.165) is 31.6 Å². The Morgan fingerprint density at radius 1 is 1.23 bits per heavy atom. The van der Waals surface area contributed by atoms with Crippen molar-refractivity contribution in [2.75, 3.05) is 30.0 Å². The van der Waals surface area contributed by atoms with Crippen LogP contribution in [-0.4, -0.2) is 37.7 Å². The molecule has 2 atom stereocenters. The second-order valence-corrected chi connectivity index (χ2v) is 7.46. The van der Waals surface area contributed by atoms with E-state index in [9.17, 15) is 18.4 Å². The largest absolute Gasteiger partial charge is 0.491 e. The van der Waals surface area contributed by atoms with Crippen LogP contribution < -0.4 is 15.0 Å². The summed E-state index contributed by atoms with van der Waals surface area (Å²) in [5.41, 5.74) is 0.518. The van der Waals surface area contributed by atoms with Gasteiger partial charge in [-0.1, -0.05) is 6.07 Å². The first-order chi connectivity index (χ1) is 14.5. The number of amides is 2. The lowest BCUT2D eigenvalue weighted by molar-refractivity contribution is -0.122. The average Bonchev–Trinajstić information content (AvgIpc) is 3.37. The third kappa shape index (κ3) is 4.59. The molecule has 0 radical (unpaired) electrons. The highest BCUT2D eigenvalue weighted by atomic mass is 19.1. The van der Waals surface area contributed by atoms with Crippen molar-refractivity contribution in [2.45, 2.75) is 25.4 Å². The second-order valence-electron chi connectivity index (χ2n) is 7.46. The van der Waals surface area contributed by atoms with Crippen molar-refractivity contribution in [3.8, 4) is 5.75 Å². The van der Waals surface area contributed by atoms with Crippen LogP contribution in [0.3, 0.4) is 0 Å². The minimum Gasteiger partial charge on any atom is -0.491 e. The first-order valence-electron chi connectivity index (χ1n) is 9.90. The molecule has 2 heterocycles. The Morgan fingerprint density at radius 3 is 2.87 bits per heavy atom. The van der Waals surface area contributed by atoms with Gasteiger partial charge in [0.25, 0.3) is 0 Å². The number of hydrogen-bond donors (Lipinski definition) is 1. The average molecular weight is 416 g/mol. The summed E-state index contributed by atoms with van der Waals surface area (Å²) in [7, 11) is 0. The summed E-state index contributed by atoms with van der Waals surface area (Å²) in [4.78, 5) is 26.1. The lowest BCUT2D eigenvalue weighted by Gasteiger charge is -2.17. The van der Waals surface area contributed by atoms with Crippen LogP contribution in [0.5, 0.6) is 5.75 Å². The van der Waals surface area contributed by atoms with Crippen LogP contribution >= 0.6 is 0 Å². The van der Waals surface area contributed by atoms with Crippen LogP contribution in [0.4, 0.5) is 20.2 Å². The van der Waals surface area contributed by atoms with E-state index in [1.807, 2.05) is 0 Å². The quantitative estimate of drug-likeness (QED) is 0.783. The molecule has 2 aliphatic rings. The van der Waals surface area contributed by atoms with Crippen LogP contribution in [0.25, 0.3) is 0 Å². The molecule has 2 aromatic rings. The van der Waals surface area contributed by atoms with Gasteiger partial charge in [0, 0.05) is 37.4 Å². The molecule has 2 saturated heterocycles. The number of carbonyl (C=O) groups is 2. The molecule has 1 N–H and O–H groups in total. The Labute approximate surface area is 172 Å². The van der Waals surface area contributed by atoms with E-state index in [2.05, 4.69) is 5.32 Å². The van der Waals surface area contributed by atoms with E-state index >= 15 is 0 Å². The molecule has 0 bridgehead atoms. The van der Waals surface area contributed by atoms with Crippen LogP contribution in [-0.2, 0) is 14.3 Å². The summed E-state index contributed by atoms with van der Waals surface area (Å²) in [6, 6.07) is 10.0. The van der Waals surface area contributed by atoms with Crippen molar-refractivity contribution in [2.24, 2.45) is 5.92 Å². The molecule has 2 amide bonds. The molecule has 0 aromatic heterocycles. The number of anilines is 2. The fourth-order valence-corrected chi connectivity index (χ4v) is 3.69. The number of halogens is 2. The van der Waals surface area contributed by atoms with Crippen molar-refractivity contribution in [3.05, 3.63) is 54.1 Å². The highest BCUT2D eigenvalue weighted by molar-refractivity contribution is 6.03. The van der Waals surface area contributed by atoms with Crippen molar-refractivity contribution in [1.82, 2.24) is 0 Å². The van der Waals surface area contributed by atoms with Crippen LogP contribution in [0.2, 0.25) is 0 Å². The Morgan fingerprint density at radius 2 is 2.10 bits per heavy atom. The summed E-state index contributed by atoms with van der Waals surface area (Å²) >= 11 is 0. The molecule has 0 saturated carbocycles. The van der Waals surface area contributed by atoms with Gasteiger partial charge in [0.15, 0.2) is 0 Å².